The van der Waals surface area contributed by atoms with E-state index in [1.807, 2.05) is 0 Å². The Labute approximate surface area is 176 Å². The number of rotatable bonds is 4. The lowest BCUT2D eigenvalue weighted by atomic mass is 9.98. The van der Waals surface area contributed by atoms with E-state index in [1.54, 1.807) is 49.4 Å². The van der Waals surface area contributed by atoms with Gasteiger partial charge in [-0.1, -0.05) is 35.3 Å². The third-order valence-corrected chi connectivity index (χ3v) is 5.14. The summed E-state index contributed by atoms with van der Waals surface area (Å²) in [5, 5.41) is 6.44. The minimum absolute atomic E-state index is 0.111. The lowest BCUT2D eigenvalue weighted by Gasteiger charge is -2.22. The number of halogens is 2. The Morgan fingerprint density at radius 1 is 1.03 bits per heavy atom. The highest BCUT2D eigenvalue weighted by Crippen LogP contribution is 2.38. The number of fused-ring (bicyclic) bond motifs is 1. The molecule has 0 aliphatic carbocycles. The summed E-state index contributed by atoms with van der Waals surface area (Å²) in [7, 11) is 0. The molecule has 1 saturated heterocycles. The Kier molecular flexibility index (Phi) is 5.02. The molecule has 7 nitrogen and oxygen atoms in total. The molecule has 0 N–H and O–H groups in total. The Bertz CT molecular complexity index is 1060. The predicted molar refractivity (Wildman–Crippen MR) is 109 cm³/mol. The van der Waals surface area contributed by atoms with Crippen molar-refractivity contribution < 1.29 is 19.1 Å². The van der Waals surface area contributed by atoms with Gasteiger partial charge in [0, 0.05) is 10.0 Å². The topological polar surface area (TPSA) is 79.3 Å². The van der Waals surface area contributed by atoms with E-state index in [0.717, 1.165) is 4.90 Å². The van der Waals surface area contributed by atoms with Crippen LogP contribution in [0.4, 0.5) is 11.4 Å². The van der Waals surface area contributed by atoms with E-state index in [2.05, 4.69) is 5.10 Å². The zero-order chi connectivity index (χ0) is 20.7. The molecule has 2 atom stereocenters. The summed E-state index contributed by atoms with van der Waals surface area (Å²) >= 11 is 12.1. The number of hydrogen-bond acceptors (Lipinski definition) is 6. The average Bonchev–Trinajstić information content (AvgIpc) is 3.19. The minimum atomic E-state index is -1.08. The van der Waals surface area contributed by atoms with Gasteiger partial charge in [0.05, 0.1) is 18.0 Å². The SMILES string of the molecule is CCOC(=O)C1=NN(c2cccc(Cl)c2)[C@@H]2C(=O)N(c3cccc(Cl)c3)C(=O)[C@H]12. The average molecular weight is 432 g/mol. The van der Waals surface area contributed by atoms with Crippen LogP contribution in [0.1, 0.15) is 6.92 Å². The molecule has 148 valence electrons. The van der Waals surface area contributed by atoms with E-state index in [9.17, 15) is 14.4 Å². The fraction of sp³-hybridized carbons (Fsp3) is 0.200. The first kappa shape index (κ1) is 19.4. The van der Waals surface area contributed by atoms with Gasteiger partial charge in [-0.3, -0.25) is 14.6 Å². The summed E-state index contributed by atoms with van der Waals surface area (Å²) in [6, 6.07) is 12.1. The van der Waals surface area contributed by atoms with Crippen LogP contribution in [-0.4, -0.2) is 36.1 Å². The number of amides is 2. The van der Waals surface area contributed by atoms with Crippen molar-refractivity contribution in [2.45, 2.75) is 13.0 Å². The van der Waals surface area contributed by atoms with Crippen LogP contribution in [0.2, 0.25) is 10.0 Å². The fourth-order valence-corrected chi connectivity index (χ4v) is 3.86. The highest BCUT2D eigenvalue weighted by atomic mass is 35.5. The molecule has 4 rings (SSSR count). The zero-order valence-electron chi connectivity index (χ0n) is 15.2. The third kappa shape index (κ3) is 3.26. The zero-order valence-corrected chi connectivity index (χ0v) is 16.7. The Hall–Kier alpha value is -2.90. The Morgan fingerprint density at radius 3 is 2.28 bits per heavy atom. The summed E-state index contributed by atoms with van der Waals surface area (Å²) in [5.74, 6) is -2.88. The first-order chi connectivity index (χ1) is 13.9. The van der Waals surface area contributed by atoms with Crippen molar-refractivity contribution in [1.29, 1.82) is 0 Å². The third-order valence-electron chi connectivity index (χ3n) is 4.67. The molecule has 29 heavy (non-hydrogen) atoms. The van der Waals surface area contributed by atoms with Gasteiger partial charge in [-0.15, -0.1) is 0 Å². The van der Waals surface area contributed by atoms with E-state index in [-0.39, 0.29) is 12.3 Å². The van der Waals surface area contributed by atoms with Gasteiger partial charge in [0.25, 0.3) is 5.91 Å². The summed E-state index contributed by atoms with van der Waals surface area (Å²) in [5.41, 5.74) is 0.705. The Morgan fingerprint density at radius 2 is 1.66 bits per heavy atom. The van der Waals surface area contributed by atoms with Crippen molar-refractivity contribution in [1.82, 2.24) is 0 Å². The second-order valence-electron chi connectivity index (χ2n) is 6.44. The number of carbonyl (C=O) groups excluding carboxylic acids is 3. The van der Waals surface area contributed by atoms with E-state index < -0.39 is 29.7 Å². The molecule has 0 aromatic heterocycles. The van der Waals surface area contributed by atoms with Gasteiger partial charge in [-0.2, -0.15) is 5.10 Å². The van der Waals surface area contributed by atoms with E-state index >= 15 is 0 Å². The maximum atomic E-state index is 13.3. The number of anilines is 2. The van der Waals surface area contributed by atoms with Crippen LogP contribution in [0.3, 0.4) is 0 Å². The first-order valence-electron chi connectivity index (χ1n) is 8.86. The molecular formula is C20H15Cl2N3O4. The molecule has 9 heteroatoms. The number of imide groups is 1. The van der Waals surface area contributed by atoms with Crippen molar-refractivity contribution in [2.24, 2.45) is 11.0 Å². The smallest absolute Gasteiger partial charge is 0.355 e. The van der Waals surface area contributed by atoms with Crippen molar-refractivity contribution in [2.75, 3.05) is 16.5 Å². The maximum Gasteiger partial charge on any atom is 0.355 e. The number of benzene rings is 2. The number of hydrogen-bond donors (Lipinski definition) is 0. The van der Waals surface area contributed by atoms with Gasteiger partial charge in [0.15, 0.2) is 5.71 Å². The van der Waals surface area contributed by atoms with Crippen molar-refractivity contribution in [3.63, 3.8) is 0 Å². The lowest BCUT2D eigenvalue weighted by Crippen LogP contribution is -2.39. The number of ether oxygens (including phenoxy) is 1. The molecule has 0 unspecified atom stereocenters. The van der Waals surface area contributed by atoms with Crippen LogP contribution in [0.25, 0.3) is 0 Å². The van der Waals surface area contributed by atoms with Crippen molar-refractivity contribution in [3.05, 3.63) is 58.6 Å². The van der Waals surface area contributed by atoms with Crippen LogP contribution in [0.5, 0.6) is 0 Å². The standard InChI is InChI=1S/C20H15Cl2N3O4/c1-2-29-20(28)16-15-17(25(23-16)14-8-4-6-12(22)10-14)19(27)24(18(15)26)13-7-3-5-11(21)9-13/h3-10,15,17H,2H2,1H3/t15-,17+/m1/s1. The largest absolute Gasteiger partial charge is 0.461 e. The van der Waals surface area contributed by atoms with Gasteiger partial charge in [-0.05, 0) is 43.3 Å². The molecule has 2 aromatic rings. The quantitative estimate of drug-likeness (QED) is 0.547. The molecular weight excluding hydrogens is 417 g/mol. The van der Waals surface area contributed by atoms with Crippen LogP contribution in [-0.2, 0) is 19.1 Å². The molecule has 2 aromatic carbocycles. The number of esters is 1. The van der Waals surface area contributed by atoms with E-state index in [4.69, 9.17) is 27.9 Å². The molecule has 2 amide bonds. The van der Waals surface area contributed by atoms with Gasteiger partial charge < -0.3 is 4.74 Å². The number of hydrazone groups is 1. The normalized spacial score (nSPS) is 20.7. The molecule has 2 aliphatic heterocycles. The molecule has 0 bridgehead atoms. The highest BCUT2D eigenvalue weighted by Gasteiger charge is 2.59. The molecule has 1 fully saturated rings. The molecule has 0 saturated carbocycles. The molecule has 2 heterocycles. The second-order valence-corrected chi connectivity index (χ2v) is 7.32. The fourth-order valence-electron chi connectivity index (χ4n) is 3.49. The van der Waals surface area contributed by atoms with Gasteiger partial charge in [-0.25, -0.2) is 9.69 Å². The van der Waals surface area contributed by atoms with Gasteiger partial charge in [0.2, 0.25) is 5.91 Å². The van der Waals surface area contributed by atoms with Gasteiger partial charge in [0.1, 0.15) is 12.0 Å². The minimum Gasteiger partial charge on any atom is -0.461 e. The second kappa shape index (κ2) is 7.50. The Balaban J connectivity index is 1.81. The van der Waals surface area contributed by atoms with Crippen molar-refractivity contribution in [3.8, 4) is 0 Å². The first-order valence-corrected chi connectivity index (χ1v) is 9.61. The predicted octanol–water partition coefficient (Wildman–Crippen LogP) is 3.29. The van der Waals surface area contributed by atoms with Crippen LogP contribution in [0, 0.1) is 5.92 Å². The van der Waals surface area contributed by atoms with Crippen LogP contribution < -0.4 is 9.91 Å². The molecule has 2 aliphatic rings. The van der Waals surface area contributed by atoms with Crippen LogP contribution >= 0.6 is 23.2 Å². The van der Waals surface area contributed by atoms with E-state index in [0.29, 0.717) is 21.4 Å². The van der Waals surface area contributed by atoms with E-state index in [1.165, 1.54) is 11.1 Å². The molecule has 0 radical (unpaired) electrons. The highest BCUT2D eigenvalue weighted by molar-refractivity contribution is 6.47. The summed E-state index contributed by atoms with van der Waals surface area (Å²) in [6.45, 7) is 1.77. The van der Waals surface area contributed by atoms with Gasteiger partial charge >= 0.3 is 5.97 Å². The van der Waals surface area contributed by atoms with Crippen molar-refractivity contribution >= 4 is 58.1 Å². The summed E-state index contributed by atoms with van der Waals surface area (Å²) in [4.78, 5) is 40.0. The summed E-state index contributed by atoms with van der Waals surface area (Å²) < 4.78 is 5.06. The monoisotopic (exact) mass is 431 g/mol. The maximum absolute atomic E-state index is 13.3. The number of carbonyl (C=O) groups is 3. The number of nitrogens with zero attached hydrogens (tertiary/aromatic N) is 3. The van der Waals surface area contributed by atoms with Crippen LogP contribution in [0.15, 0.2) is 53.6 Å². The summed E-state index contributed by atoms with van der Waals surface area (Å²) in [6.07, 6.45) is 0. The lowest BCUT2D eigenvalue weighted by molar-refractivity contribution is -0.136. The molecule has 0 spiro atoms.